The second kappa shape index (κ2) is 10.3. The number of esters is 1. The molecule has 2 aromatic carbocycles. The van der Waals surface area contributed by atoms with Gasteiger partial charge in [-0.05, 0) is 35.2 Å². The first kappa shape index (κ1) is 23.1. The van der Waals surface area contributed by atoms with Crippen molar-refractivity contribution >= 4 is 5.97 Å². The Labute approximate surface area is 196 Å². The normalized spacial score (nSPS) is 20.8. The Bertz CT molecular complexity index is 977. The quantitative estimate of drug-likeness (QED) is 0.394. The molecule has 0 atom stereocenters. The number of carbonyl (C=O) groups excluding carboxylic acids is 1. The van der Waals surface area contributed by atoms with Crippen LogP contribution < -0.4 is 5.11 Å². The van der Waals surface area contributed by atoms with Crippen LogP contribution in [0.5, 0.6) is 0 Å². The molecule has 33 heavy (non-hydrogen) atoms. The van der Waals surface area contributed by atoms with Gasteiger partial charge in [-0.1, -0.05) is 60.7 Å². The SMILES string of the molecule is C[N+]1(CCCc2ccncc2)CCC(OC(=O)C([O-])(c2ccccc2)c2ccccc2)CC1. The number of hydrogen-bond acceptors (Lipinski definition) is 4. The van der Waals surface area contributed by atoms with E-state index in [9.17, 15) is 9.90 Å². The van der Waals surface area contributed by atoms with Gasteiger partial charge in [0.2, 0.25) is 0 Å². The highest BCUT2D eigenvalue weighted by Crippen LogP contribution is 2.30. The number of rotatable bonds is 8. The third-order valence-electron chi connectivity index (χ3n) is 6.82. The van der Waals surface area contributed by atoms with E-state index in [1.54, 1.807) is 48.5 Å². The lowest BCUT2D eigenvalue weighted by Gasteiger charge is -2.43. The summed E-state index contributed by atoms with van der Waals surface area (Å²) >= 11 is 0. The molecule has 1 saturated heterocycles. The number of carbonyl (C=O) groups is 1. The van der Waals surface area contributed by atoms with Crippen LogP contribution in [0.4, 0.5) is 0 Å². The molecular formula is C28H32N2O3. The van der Waals surface area contributed by atoms with Crippen molar-refractivity contribution in [2.75, 3.05) is 26.7 Å². The third kappa shape index (κ3) is 5.49. The maximum absolute atomic E-state index is 14.0. The highest BCUT2D eigenvalue weighted by Gasteiger charge is 2.36. The van der Waals surface area contributed by atoms with Crippen LogP contribution in [0.1, 0.15) is 36.0 Å². The lowest BCUT2D eigenvalue weighted by molar-refractivity contribution is -0.915. The molecule has 0 radical (unpaired) electrons. The van der Waals surface area contributed by atoms with Crippen molar-refractivity contribution in [3.05, 3.63) is 102 Å². The molecule has 4 rings (SSSR count). The standard InChI is InChI=1S/C28H32N2O3/c1-30(20-8-9-23-14-18-29-19-15-23)21-16-26(17-22-30)33-27(31)28(32,24-10-4-2-5-11-24)25-12-6-3-7-13-25/h2-7,10-15,18-19,26H,8-9,16-17,20-22H2,1H3. The molecule has 1 fully saturated rings. The Kier molecular flexibility index (Phi) is 7.21. The summed E-state index contributed by atoms with van der Waals surface area (Å²) in [6.45, 7) is 2.97. The van der Waals surface area contributed by atoms with Crippen LogP contribution in [0.25, 0.3) is 0 Å². The zero-order valence-corrected chi connectivity index (χ0v) is 19.2. The zero-order valence-electron chi connectivity index (χ0n) is 19.2. The topological polar surface area (TPSA) is 62.2 Å². The highest BCUT2D eigenvalue weighted by molar-refractivity contribution is 5.85. The number of pyridine rings is 1. The second-order valence-electron chi connectivity index (χ2n) is 9.27. The van der Waals surface area contributed by atoms with Crippen LogP contribution in [-0.2, 0) is 21.6 Å². The molecule has 1 aromatic heterocycles. The number of aromatic nitrogens is 1. The molecule has 0 aliphatic carbocycles. The lowest BCUT2D eigenvalue weighted by atomic mass is 9.86. The molecule has 5 nitrogen and oxygen atoms in total. The van der Waals surface area contributed by atoms with Gasteiger partial charge in [-0.25, -0.2) is 0 Å². The van der Waals surface area contributed by atoms with Gasteiger partial charge in [0.25, 0.3) is 0 Å². The monoisotopic (exact) mass is 444 g/mol. The van der Waals surface area contributed by atoms with E-state index >= 15 is 0 Å². The van der Waals surface area contributed by atoms with Crippen LogP contribution in [0, 0.1) is 0 Å². The van der Waals surface area contributed by atoms with Crippen molar-refractivity contribution in [1.82, 2.24) is 4.98 Å². The van der Waals surface area contributed by atoms with Crippen molar-refractivity contribution in [1.29, 1.82) is 0 Å². The summed E-state index contributed by atoms with van der Waals surface area (Å²) in [6, 6.07) is 21.8. The van der Waals surface area contributed by atoms with E-state index in [4.69, 9.17) is 4.74 Å². The van der Waals surface area contributed by atoms with E-state index in [1.165, 1.54) is 5.56 Å². The molecule has 0 bridgehead atoms. The summed E-state index contributed by atoms with van der Waals surface area (Å²) in [7, 11) is 2.27. The van der Waals surface area contributed by atoms with E-state index < -0.39 is 11.6 Å². The highest BCUT2D eigenvalue weighted by atomic mass is 16.6. The summed E-state index contributed by atoms with van der Waals surface area (Å²) in [5.74, 6) is -0.710. The van der Waals surface area contributed by atoms with Crippen molar-refractivity contribution < 1.29 is 19.1 Å². The van der Waals surface area contributed by atoms with Crippen molar-refractivity contribution in [3.8, 4) is 0 Å². The molecule has 0 saturated carbocycles. The average Bonchev–Trinajstić information content (AvgIpc) is 2.87. The Morgan fingerprint density at radius 3 is 2.06 bits per heavy atom. The van der Waals surface area contributed by atoms with Crippen molar-refractivity contribution in [2.24, 2.45) is 0 Å². The molecule has 0 N–H and O–H groups in total. The van der Waals surface area contributed by atoms with Gasteiger partial charge < -0.3 is 14.3 Å². The number of benzene rings is 2. The fourth-order valence-corrected chi connectivity index (χ4v) is 4.71. The van der Waals surface area contributed by atoms with Gasteiger partial charge in [0.05, 0.1) is 26.7 Å². The van der Waals surface area contributed by atoms with Crippen LogP contribution in [0.2, 0.25) is 0 Å². The molecule has 172 valence electrons. The maximum atomic E-state index is 14.0. The maximum Gasteiger partial charge on any atom is 0.304 e. The van der Waals surface area contributed by atoms with E-state index in [0.717, 1.165) is 49.8 Å². The van der Waals surface area contributed by atoms with Crippen molar-refractivity contribution in [3.63, 3.8) is 0 Å². The average molecular weight is 445 g/mol. The van der Waals surface area contributed by atoms with Gasteiger partial charge >= 0.3 is 5.97 Å². The van der Waals surface area contributed by atoms with Gasteiger partial charge in [-0.2, -0.15) is 0 Å². The zero-order chi connectivity index (χ0) is 23.2. The fraction of sp³-hybridized carbons (Fsp3) is 0.357. The lowest BCUT2D eigenvalue weighted by Crippen LogP contribution is -2.54. The van der Waals surface area contributed by atoms with Crippen molar-refractivity contribution in [2.45, 2.75) is 37.4 Å². The van der Waals surface area contributed by atoms with Gasteiger partial charge in [0.15, 0.2) is 0 Å². The number of nitrogens with zero attached hydrogens (tertiary/aromatic N) is 2. The molecule has 0 amide bonds. The molecule has 0 unspecified atom stereocenters. The largest absolute Gasteiger partial charge is 0.834 e. The minimum absolute atomic E-state index is 0.218. The van der Waals surface area contributed by atoms with Gasteiger partial charge in [0.1, 0.15) is 6.10 Å². The minimum atomic E-state index is -2.07. The molecule has 3 aromatic rings. The van der Waals surface area contributed by atoms with Gasteiger partial charge in [-0.15, -0.1) is 0 Å². The third-order valence-corrected chi connectivity index (χ3v) is 6.82. The molecule has 1 aliphatic heterocycles. The van der Waals surface area contributed by atoms with Crippen LogP contribution in [0.3, 0.4) is 0 Å². The Morgan fingerprint density at radius 2 is 1.52 bits per heavy atom. The fourth-order valence-electron chi connectivity index (χ4n) is 4.71. The number of hydrogen-bond donors (Lipinski definition) is 0. The van der Waals surface area contributed by atoms with Gasteiger partial charge in [0, 0.05) is 37.3 Å². The summed E-state index contributed by atoms with van der Waals surface area (Å²) in [6.07, 6.45) is 7.16. The summed E-state index contributed by atoms with van der Waals surface area (Å²) in [5.41, 5.74) is 0.0689. The minimum Gasteiger partial charge on any atom is -0.834 e. The second-order valence-corrected chi connectivity index (χ2v) is 9.27. The van der Waals surface area contributed by atoms with Crippen LogP contribution in [0.15, 0.2) is 85.2 Å². The summed E-state index contributed by atoms with van der Waals surface area (Å²) < 4.78 is 6.84. The van der Waals surface area contributed by atoms with E-state index in [-0.39, 0.29) is 6.10 Å². The van der Waals surface area contributed by atoms with Gasteiger partial charge in [-0.3, -0.25) is 9.78 Å². The molecule has 5 heteroatoms. The predicted molar refractivity (Wildman–Crippen MR) is 126 cm³/mol. The van der Waals surface area contributed by atoms with E-state index in [1.807, 2.05) is 24.5 Å². The number of piperidine rings is 1. The summed E-state index contributed by atoms with van der Waals surface area (Å²) in [4.78, 5) is 17.4. The Hall–Kier alpha value is -3.02. The number of aryl methyl sites for hydroxylation is 1. The van der Waals surface area contributed by atoms with Crippen LogP contribution in [-0.4, -0.2) is 48.2 Å². The molecule has 0 spiro atoms. The smallest absolute Gasteiger partial charge is 0.304 e. The Balaban J connectivity index is 1.37. The number of likely N-dealkylation sites (tertiary alicyclic amines) is 1. The molecule has 1 aliphatic rings. The summed E-state index contributed by atoms with van der Waals surface area (Å²) in [5, 5.41) is 14.0. The molecule has 2 heterocycles. The predicted octanol–water partition coefficient (Wildman–Crippen LogP) is 3.47. The Morgan fingerprint density at radius 1 is 0.970 bits per heavy atom. The number of ether oxygens (including phenoxy) is 1. The first-order chi connectivity index (χ1) is 16.0. The first-order valence-electron chi connectivity index (χ1n) is 11.7. The first-order valence-corrected chi connectivity index (χ1v) is 11.7. The number of quaternary nitrogens is 1. The molecular weight excluding hydrogens is 412 g/mol. The van der Waals surface area contributed by atoms with E-state index in [0.29, 0.717) is 11.1 Å². The van der Waals surface area contributed by atoms with Crippen LogP contribution >= 0.6 is 0 Å². The van der Waals surface area contributed by atoms with E-state index in [2.05, 4.69) is 24.2 Å².